The van der Waals surface area contributed by atoms with Gasteiger partial charge in [0.25, 0.3) is 0 Å². The molecule has 0 spiro atoms. The number of ether oxygens (including phenoxy) is 1. The van der Waals surface area contributed by atoms with Gasteiger partial charge in [-0.2, -0.15) is 0 Å². The van der Waals surface area contributed by atoms with Crippen LogP contribution in [0.25, 0.3) is 0 Å². The van der Waals surface area contributed by atoms with Crippen molar-refractivity contribution >= 4 is 0 Å². The Bertz CT molecular complexity index is 459. The molecule has 2 heteroatoms. The fourth-order valence-corrected chi connectivity index (χ4v) is 2.95. The van der Waals surface area contributed by atoms with Crippen molar-refractivity contribution < 1.29 is 4.74 Å². The number of hydrogen-bond donors (Lipinski definition) is 1. The van der Waals surface area contributed by atoms with Crippen LogP contribution in [0.3, 0.4) is 0 Å². The first-order chi connectivity index (χ1) is 8.86. The maximum Gasteiger partial charge on any atom is 0.128 e. The molecule has 1 N–H and O–H groups in total. The minimum absolute atomic E-state index is 0.120. The fourth-order valence-electron chi connectivity index (χ4n) is 2.95. The molecular formula is C17H27NO. The molecule has 106 valence electrons. The van der Waals surface area contributed by atoms with Crippen LogP contribution in [0.15, 0.2) is 12.1 Å². The second-order valence-electron chi connectivity index (χ2n) is 6.75. The maximum atomic E-state index is 6.11. The second-order valence-corrected chi connectivity index (χ2v) is 6.75. The van der Waals surface area contributed by atoms with Crippen molar-refractivity contribution in [3.63, 3.8) is 0 Å². The standard InChI is InChI=1S/C17H27NO/c1-7-18-15-12(3)10-19-16-13(17(4,5)6)9-8-11(2)14(15)16/h8-9,12,15,18H,7,10H2,1-6H3. The first-order valence-corrected chi connectivity index (χ1v) is 7.36. The van der Waals surface area contributed by atoms with Gasteiger partial charge in [-0.3, -0.25) is 0 Å². The molecule has 2 atom stereocenters. The molecule has 0 fully saturated rings. The third-order valence-corrected chi connectivity index (χ3v) is 4.02. The van der Waals surface area contributed by atoms with Crippen molar-refractivity contribution in [1.82, 2.24) is 5.32 Å². The highest BCUT2D eigenvalue weighted by Gasteiger charge is 2.32. The zero-order valence-corrected chi connectivity index (χ0v) is 13.1. The van der Waals surface area contributed by atoms with E-state index in [9.17, 15) is 0 Å². The Kier molecular flexibility index (Phi) is 3.91. The van der Waals surface area contributed by atoms with Crippen molar-refractivity contribution in [2.24, 2.45) is 5.92 Å². The molecule has 2 nitrogen and oxygen atoms in total. The van der Waals surface area contributed by atoms with E-state index in [-0.39, 0.29) is 5.41 Å². The second kappa shape index (κ2) is 5.16. The highest BCUT2D eigenvalue weighted by molar-refractivity contribution is 5.51. The lowest BCUT2D eigenvalue weighted by Gasteiger charge is -2.36. The molecule has 0 bridgehead atoms. The molecule has 1 aromatic carbocycles. The minimum Gasteiger partial charge on any atom is -0.493 e. The van der Waals surface area contributed by atoms with Gasteiger partial charge in [0.2, 0.25) is 0 Å². The highest BCUT2D eigenvalue weighted by Crippen LogP contribution is 2.43. The van der Waals surface area contributed by atoms with E-state index >= 15 is 0 Å². The lowest BCUT2D eigenvalue weighted by Crippen LogP contribution is -2.35. The Morgan fingerprint density at radius 2 is 2.00 bits per heavy atom. The first-order valence-electron chi connectivity index (χ1n) is 7.36. The average molecular weight is 261 g/mol. The maximum absolute atomic E-state index is 6.11. The Labute approximate surface area is 117 Å². The van der Waals surface area contributed by atoms with Crippen molar-refractivity contribution in [2.75, 3.05) is 13.2 Å². The number of hydrogen-bond acceptors (Lipinski definition) is 2. The summed E-state index contributed by atoms with van der Waals surface area (Å²) < 4.78 is 6.11. The van der Waals surface area contributed by atoms with Crippen LogP contribution in [0, 0.1) is 12.8 Å². The monoisotopic (exact) mass is 261 g/mol. The van der Waals surface area contributed by atoms with E-state index in [1.807, 2.05) is 0 Å². The molecule has 1 aromatic rings. The summed E-state index contributed by atoms with van der Waals surface area (Å²) in [6.45, 7) is 15.2. The van der Waals surface area contributed by atoms with Gasteiger partial charge in [-0.1, -0.05) is 46.8 Å². The fraction of sp³-hybridized carbons (Fsp3) is 0.647. The van der Waals surface area contributed by atoms with Gasteiger partial charge in [0, 0.05) is 17.5 Å². The number of nitrogens with one attached hydrogen (secondary N) is 1. The van der Waals surface area contributed by atoms with Gasteiger partial charge in [0.1, 0.15) is 5.75 Å². The topological polar surface area (TPSA) is 21.3 Å². The molecule has 0 saturated heterocycles. The summed E-state index contributed by atoms with van der Waals surface area (Å²) in [4.78, 5) is 0. The van der Waals surface area contributed by atoms with Crippen molar-refractivity contribution in [3.8, 4) is 5.75 Å². The van der Waals surface area contributed by atoms with E-state index < -0.39 is 0 Å². The van der Waals surface area contributed by atoms with Crippen LogP contribution in [0.5, 0.6) is 5.75 Å². The van der Waals surface area contributed by atoms with Crippen LogP contribution in [-0.2, 0) is 5.41 Å². The van der Waals surface area contributed by atoms with Crippen molar-refractivity contribution in [2.45, 2.75) is 53.0 Å². The van der Waals surface area contributed by atoms with Crippen molar-refractivity contribution in [3.05, 3.63) is 28.8 Å². The molecule has 0 saturated carbocycles. The third-order valence-electron chi connectivity index (χ3n) is 4.02. The lowest BCUT2D eigenvalue weighted by molar-refractivity contribution is 0.185. The smallest absolute Gasteiger partial charge is 0.128 e. The normalized spacial score (nSPS) is 22.8. The quantitative estimate of drug-likeness (QED) is 0.869. The predicted octanol–water partition coefficient (Wildman–Crippen LogP) is 3.97. The largest absolute Gasteiger partial charge is 0.493 e. The van der Waals surface area contributed by atoms with Gasteiger partial charge in [0.05, 0.1) is 6.61 Å². The van der Waals surface area contributed by atoms with Crippen LogP contribution >= 0.6 is 0 Å². The summed E-state index contributed by atoms with van der Waals surface area (Å²) in [5.74, 6) is 1.64. The molecule has 0 aliphatic carbocycles. The Morgan fingerprint density at radius 1 is 1.32 bits per heavy atom. The van der Waals surface area contributed by atoms with Crippen LogP contribution in [0.4, 0.5) is 0 Å². The molecule has 1 heterocycles. The highest BCUT2D eigenvalue weighted by atomic mass is 16.5. The van der Waals surface area contributed by atoms with Gasteiger partial charge in [-0.05, 0) is 30.0 Å². The molecule has 1 aliphatic rings. The van der Waals surface area contributed by atoms with Crippen LogP contribution in [0.1, 0.15) is 57.4 Å². The summed E-state index contributed by atoms with van der Waals surface area (Å²) in [6, 6.07) is 4.88. The predicted molar refractivity (Wildman–Crippen MR) is 81.0 cm³/mol. The van der Waals surface area contributed by atoms with Crippen LogP contribution in [0.2, 0.25) is 0 Å². The van der Waals surface area contributed by atoms with Gasteiger partial charge < -0.3 is 10.1 Å². The van der Waals surface area contributed by atoms with E-state index in [4.69, 9.17) is 4.74 Å². The number of aryl methyl sites for hydroxylation is 1. The molecule has 0 amide bonds. The van der Waals surface area contributed by atoms with E-state index in [1.54, 1.807) is 0 Å². The summed E-state index contributed by atoms with van der Waals surface area (Å²) in [5, 5.41) is 3.63. The van der Waals surface area contributed by atoms with Gasteiger partial charge in [-0.15, -0.1) is 0 Å². The Morgan fingerprint density at radius 3 is 2.58 bits per heavy atom. The minimum atomic E-state index is 0.120. The zero-order valence-electron chi connectivity index (χ0n) is 13.1. The van der Waals surface area contributed by atoms with Gasteiger partial charge in [-0.25, -0.2) is 0 Å². The molecule has 0 radical (unpaired) electrons. The summed E-state index contributed by atoms with van der Waals surface area (Å²) in [7, 11) is 0. The van der Waals surface area contributed by atoms with Gasteiger partial charge in [0.15, 0.2) is 0 Å². The van der Waals surface area contributed by atoms with Gasteiger partial charge >= 0.3 is 0 Å². The van der Waals surface area contributed by atoms with Crippen molar-refractivity contribution in [1.29, 1.82) is 0 Å². The molecule has 2 unspecified atom stereocenters. The lowest BCUT2D eigenvalue weighted by atomic mass is 9.80. The molecular weight excluding hydrogens is 234 g/mol. The summed E-state index contributed by atoms with van der Waals surface area (Å²) >= 11 is 0. The van der Waals surface area contributed by atoms with E-state index in [0.717, 1.165) is 18.9 Å². The molecule has 1 aliphatic heterocycles. The Balaban J connectivity index is 2.58. The SMILES string of the molecule is CCNC1c2c(C)ccc(C(C)(C)C)c2OCC1C. The number of fused-ring (bicyclic) bond motifs is 1. The van der Waals surface area contributed by atoms with E-state index in [2.05, 4.69) is 59.0 Å². The summed E-state index contributed by atoms with van der Waals surface area (Å²) in [6.07, 6.45) is 0. The molecule has 2 rings (SSSR count). The summed E-state index contributed by atoms with van der Waals surface area (Å²) in [5.41, 5.74) is 4.14. The number of rotatable bonds is 2. The van der Waals surface area contributed by atoms with E-state index in [1.165, 1.54) is 16.7 Å². The van der Waals surface area contributed by atoms with E-state index in [0.29, 0.717) is 12.0 Å². The van der Waals surface area contributed by atoms with Crippen LogP contribution in [-0.4, -0.2) is 13.2 Å². The van der Waals surface area contributed by atoms with Crippen LogP contribution < -0.4 is 10.1 Å². The third kappa shape index (κ3) is 2.64. The first kappa shape index (κ1) is 14.4. The zero-order chi connectivity index (χ0) is 14.2. The number of benzene rings is 1. The molecule has 19 heavy (non-hydrogen) atoms. The average Bonchev–Trinajstić information content (AvgIpc) is 2.31. The molecule has 0 aromatic heterocycles. The Hall–Kier alpha value is -1.02.